The average molecular weight is 340 g/mol. The van der Waals surface area contributed by atoms with Gasteiger partial charge in [0.05, 0.1) is 6.42 Å². The van der Waals surface area contributed by atoms with E-state index < -0.39 is 0 Å². The van der Waals surface area contributed by atoms with Gasteiger partial charge < -0.3 is 5.32 Å². The number of fused-ring (bicyclic) bond motifs is 1. The number of pyridine rings is 1. The van der Waals surface area contributed by atoms with E-state index in [4.69, 9.17) is 0 Å². The highest BCUT2D eigenvalue weighted by Gasteiger charge is 2.11. The third kappa shape index (κ3) is 3.57. The maximum atomic E-state index is 12.2. The molecule has 1 aliphatic rings. The van der Waals surface area contributed by atoms with Crippen molar-refractivity contribution in [1.29, 1.82) is 0 Å². The average Bonchev–Trinajstić information content (AvgIpc) is 2.69. The van der Waals surface area contributed by atoms with Gasteiger partial charge in [0.1, 0.15) is 0 Å². The molecule has 3 heteroatoms. The molecule has 2 aromatic carbocycles. The molecule has 1 aliphatic carbocycles. The van der Waals surface area contributed by atoms with Crippen LogP contribution in [0.2, 0.25) is 0 Å². The summed E-state index contributed by atoms with van der Waals surface area (Å²) < 4.78 is 0. The van der Waals surface area contributed by atoms with Crippen molar-refractivity contribution in [3.8, 4) is 11.1 Å². The third-order valence-corrected chi connectivity index (χ3v) is 4.63. The molecule has 0 atom stereocenters. The monoisotopic (exact) mass is 340 g/mol. The van der Waals surface area contributed by atoms with Gasteiger partial charge in [0.15, 0.2) is 0 Å². The van der Waals surface area contributed by atoms with Gasteiger partial charge in [0.2, 0.25) is 5.91 Å². The lowest BCUT2D eigenvalue weighted by Gasteiger charge is -2.15. The van der Waals surface area contributed by atoms with Gasteiger partial charge in [-0.25, -0.2) is 0 Å². The fraction of sp³-hybridized carbons (Fsp3) is 0.130. The number of hydrogen-bond donors (Lipinski definition) is 1. The van der Waals surface area contributed by atoms with E-state index in [1.807, 2.05) is 24.3 Å². The molecule has 26 heavy (non-hydrogen) atoms. The zero-order chi connectivity index (χ0) is 17.8. The Kier molecular flexibility index (Phi) is 4.61. The molecule has 0 saturated carbocycles. The van der Waals surface area contributed by atoms with E-state index in [2.05, 4.69) is 52.8 Å². The molecule has 0 bridgehead atoms. The first kappa shape index (κ1) is 16.3. The Morgan fingerprint density at radius 3 is 2.73 bits per heavy atom. The molecule has 1 aromatic heterocycles. The second-order valence-electron chi connectivity index (χ2n) is 6.48. The van der Waals surface area contributed by atoms with Crippen molar-refractivity contribution >= 4 is 17.7 Å². The second-order valence-corrected chi connectivity index (χ2v) is 6.48. The number of hydrogen-bond acceptors (Lipinski definition) is 2. The standard InChI is InChI=1S/C23H20N2O/c26-23(15-17-5-4-14-24-16-17)25-20-12-10-19(11-13-20)22-9-3-7-18-6-1-2-8-21(18)22/h2-5,7-14,16H,1,6,15H2,(H,25,26). The smallest absolute Gasteiger partial charge is 0.228 e. The van der Waals surface area contributed by atoms with Crippen LogP contribution in [-0.4, -0.2) is 10.9 Å². The number of carbonyl (C=O) groups excluding carboxylic acids is 1. The number of amides is 1. The van der Waals surface area contributed by atoms with Crippen molar-refractivity contribution in [2.75, 3.05) is 5.32 Å². The lowest BCUT2D eigenvalue weighted by atomic mass is 9.90. The first-order valence-corrected chi connectivity index (χ1v) is 8.87. The van der Waals surface area contributed by atoms with Crippen LogP contribution in [0.4, 0.5) is 5.69 Å². The number of nitrogens with one attached hydrogen (secondary N) is 1. The molecule has 1 amide bonds. The van der Waals surface area contributed by atoms with E-state index in [1.54, 1.807) is 12.4 Å². The van der Waals surface area contributed by atoms with E-state index in [0.717, 1.165) is 24.1 Å². The maximum absolute atomic E-state index is 12.2. The fourth-order valence-electron chi connectivity index (χ4n) is 3.35. The summed E-state index contributed by atoms with van der Waals surface area (Å²) in [7, 11) is 0. The summed E-state index contributed by atoms with van der Waals surface area (Å²) in [6.07, 6.45) is 10.4. The van der Waals surface area contributed by atoms with E-state index in [9.17, 15) is 4.79 Å². The highest BCUT2D eigenvalue weighted by atomic mass is 16.1. The summed E-state index contributed by atoms with van der Waals surface area (Å²) in [6.45, 7) is 0. The van der Waals surface area contributed by atoms with Crippen LogP contribution in [0.5, 0.6) is 0 Å². The van der Waals surface area contributed by atoms with Gasteiger partial charge in [0.25, 0.3) is 0 Å². The fourth-order valence-corrected chi connectivity index (χ4v) is 3.35. The molecule has 0 saturated heterocycles. The van der Waals surface area contributed by atoms with Crippen LogP contribution in [0.3, 0.4) is 0 Å². The number of carbonyl (C=O) groups is 1. The van der Waals surface area contributed by atoms with Gasteiger partial charge in [-0.15, -0.1) is 0 Å². The molecule has 1 heterocycles. The molecule has 0 aliphatic heterocycles. The predicted octanol–water partition coefficient (Wildman–Crippen LogP) is 4.89. The highest BCUT2D eigenvalue weighted by molar-refractivity contribution is 5.92. The molecule has 4 rings (SSSR count). The molecule has 1 N–H and O–H groups in total. The third-order valence-electron chi connectivity index (χ3n) is 4.63. The summed E-state index contributed by atoms with van der Waals surface area (Å²) in [5.74, 6) is -0.0363. The Morgan fingerprint density at radius 2 is 1.92 bits per heavy atom. The van der Waals surface area contributed by atoms with Crippen LogP contribution < -0.4 is 5.32 Å². The Hall–Kier alpha value is -3.20. The molecular weight excluding hydrogens is 320 g/mol. The number of rotatable bonds is 4. The van der Waals surface area contributed by atoms with Gasteiger partial charge in [-0.2, -0.15) is 0 Å². The molecular formula is C23H20N2O. The molecule has 0 fully saturated rings. The SMILES string of the molecule is O=C(Cc1cccnc1)Nc1ccc(-c2cccc3c2C=CCC3)cc1. The van der Waals surface area contributed by atoms with Crippen LogP contribution in [0.1, 0.15) is 23.1 Å². The van der Waals surface area contributed by atoms with Crippen LogP contribution >= 0.6 is 0 Å². The Balaban J connectivity index is 1.49. The summed E-state index contributed by atoms with van der Waals surface area (Å²) in [6, 6.07) is 18.3. The Bertz CT molecular complexity index is 944. The van der Waals surface area contributed by atoms with Gasteiger partial charge in [-0.1, -0.05) is 48.6 Å². The van der Waals surface area contributed by atoms with Crippen molar-refractivity contribution in [3.05, 3.63) is 89.8 Å². The zero-order valence-corrected chi connectivity index (χ0v) is 14.5. The maximum Gasteiger partial charge on any atom is 0.228 e. The lowest BCUT2D eigenvalue weighted by Crippen LogP contribution is -2.14. The Labute approximate surface area is 153 Å². The minimum Gasteiger partial charge on any atom is -0.326 e. The van der Waals surface area contributed by atoms with Crippen molar-refractivity contribution in [2.45, 2.75) is 19.3 Å². The zero-order valence-electron chi connectivity index (χ0n) is 14.5. The van der Waals surface area contributed by atoms with E-state index in [-0.39, 0.29) is 5.91 Å². The molecule has 128 valence electrons. The van der Waals surface area contributed by atoms with Crippen molar-refractivity contribution < 1.29 is 4.79 Å². The second kappa shape index (κ2) is 7.36. The number of benzene rings is 2. The van der Waals surface area contributed by atoms with Crippen LogP contribution in [0, 0.1) is 0 Å². The quantitative estimate of drug-likeness (QED) is 0.735. The first-order valence-electron chi connectivity index (χ1n) is 8.87. The minimum absolute atomic E-state index is 0.0363. The largest absolute Gasteiger partial charge is 0.326 e. The van der Waals surface area contributed by atoms with Gasteiger partial charge in [0, 0.05) is 18.1 Å². The first-order chi connectivity index (χ1) is 12.8. The van der Waals surface area contributed by atoms with Crippen molar-refractivity contribution in [2.24, 2.45) is 0 Å². The summed E-state index contributed by atoms with van der Waals surface area (Å²) in [4.78, 5) is 16.2. The number of aryl methyl sites for hydroxylation is 1. The lowest BCUT2D eigenvalue weighted by molar-refractivity contribution is -0.115. The molecule has 0 spiro atoms. The summed E-state index contributed by atoms with van der Waals surface area (Å²) in [5, 5.41) is 2.95. The number of allylic oxidation sites excluding steroid dienone is 1. The van der Waals surface area contributed by atoms with E-state index in [0.29, 0.717) is 6.42 Å². The van der Waals surface area contributed by atoms with E-state index in [1.165, 1.54) is 22.3 Å². The van der Waals surface area contributed by atoms with Crippen molar-refractivity contribution in [3.63, 3.8) is 0 Å². The summed E-state index contributed by atoms with van der Waals surface area (Å²) in [5.41, 5.74) is 6.84. The van der Waals surface area contributed by atoms with E-state index >= 15 is 0 Å². The van der Waals surface area contributed by atoms with Gasteiger partial charge in [-0.05, 0) is 58.9 Å². The molecule has 3 nitrogen and oxygen atoms in total. The van der Waals surface area contributed by atoms with Gasteiger partial charge in [-0.3, -0.25) is 9.78 Å². The molecule has 0 unspecified atom stereocenters. The number of nitrogens with zero attached hydrogens (tertiary/aromatic N) is 1. The Morgan fingerprint density at radius 1 is 1.04 bits per heavy atom. The topological polar surface area (TPSA) is 42.0 Å². The number of aromatic nitrogens is 1. The molecule has 0 radical (unpaired) electrons. The van der Waals surface area contributed by atoms with Gasteiger partial charge >= 0.3 is 0 Å². The number of anilines is 1. The van der Waals surface area contributed by atoms with Crippen LogP contribution in [0.15, 0.2) is 73.1 Å². The van der Waals surface area contributed by atoms with Crippen LogP contribution in [0.25, 0.3) is 17.2 Å². The summed E-state index contributed by atoms with van der Waals surface area (Å²) >= 11 is 0. The highest BCUT2D eigenvalue weighted by Crippen LogP contribution is 2.31. The molecule has 3 aromatic rings. The van der Waals surface area contributed by atoms with Crippen LogP contribution in [-0.2, 0) is 17.6 Å². The normalized spacial score (nSPS) is 12.5. The predicted molar refractivity (Wildman–Crippen MR) is 106 cm³/mol. The minimum atomic E-state index is -0.0363. The van der Waals surface area contributed by atoms with Crippen molar-refractivity contribution in [1.82, 2.24) is 4.98 Å².